The molecule has 0 bridgehead atoms. The summed E-state index contributed by atoms with van der Waals surface area (Å²) < 4.78 is 47.1. The minimum Gasteiger partial charge on any atom is -0.494 e. The first kappa shape index (κ1) is 24.1. The molecule has 0 radical (unpaired) electrons. The quantitative estimate of drug-likeness (QED) is 0.326. The molecule has 3 nitrogen and oxygen atoms in total. The lowest BCUT2D eigenvalue weighted by Crippen LogP contribution is -2.09. The summed E-state index contributed by atoms with van der Waals surface area (Å²) in [4.78, 5) is 4.83. The maximum absolute atomic E-state index is 13.0. The Morgan fingerprint density at radius 2 is 1.75 bits per heavy atom. The zero-order chi connectivity index (χ0) is 23.3. The Hall–Kier alpha value is -2.50. The van der Waals surface area contributed by atoms with Gasteiger partial charge in [-0.15, -0.1) is 0 Å². The smallest absolute Gasteiger partial charge is 0.416 e. The van der Waals surface area contributed by atoms with Crippen LogP contribution in [-0.2, 0) is 25.6 Å². The van der Waals surface area contributed by atoms with Gasteiger partial charge in [-0.2, -0.15) is 13.2 Å². The minimum atomic E-state index is -4.31. The molecule has 1 aromatic heterocycles. The number of rotatable bonds is 10. The van der Waals surface area contributed by atoms with E-state index in [1.807, 2.05) is 12.1 Å². The number of aromatic nitrogens is 2. The van der Waals surface area contributed by atoms with Crippen molar-refractivity contribution in [1.82, 2.24) is 9.55 Å². The van der Waals surface area contributed by atoms with Crippen molar-refractivity contribution >= 4 is 11.0 Å². The van der Waals surface area contributed by atoms with Crippen LogP contribution in [0.25, 0.3) is 11.0 Å². The SMILES string of the molecule is CC(C)CCOc1ccc2nc(CCCc3cccc(C(F)(F)F)c3)n(CC(C)C)c2c1. The number of nitrogens with zero attached hydrogens (tertiary/aromatic N) is 2. The number of benzene rings is 2. The number of alkyl halides is 3. The van der Waals surface area contributed by atoms with Crippen molar-refractivity contribution in [3.63, 3.8) is 0 Å². The predicted octanol–water partition coefficient (Wildman–Crippen LogP) is 7.31. The van der Waals surface area contributed by atoms with Gasteiger partial charge in [-0.1, -0.05) is 45.9 Å². The molecule has 32 heavy (non-hydrogen) atoms. The Kier molecular flexibility index (Phi) is 7.86. The van der Waals surface area contributed by atoms with Crippen LogP contribution in [0.2, 0.25) is 0 Å². The van der Waals surface area contributed by atoms with E-state index in [0.29, 0.717) is 36.8 Å². The van der Waals surface area contributed by atoms with Gasteiger partial charge in [0.25, 0.3) is 0 Å². The van der Waals surface area contributed by atoms with Gasteiger partial charge in [-0.25, -0.2) is 4.98 Å². The molecular weight excluding hydrogens is 413 g/mol. The third-order valence-corrected chi connectivity index (χ3v) is 5.43. The van der Waals surface area contributed by atoms with E-state index in [0.717, 1.165) is 48.1 Å². The molecule has 0 spiro atoms. The number of aryl methyl sites for hydroxylation is 2. The van der Waals surface area contributed by atoms with Gasteiger partial charge in [-0.3, -0.25) is 0 Å². The van der Waals surface area contributed by atoms with Gasteiger partial charge in [0.15, 0.2) is 0 Å². The van der Waals surface area contributed by atoms with E-state index in [2.05, 4.69) is 38.3 Å². The fourth-order valence-corrected chi connectivity index (χ4v) is 3.77. The number of hydrogen-bond donors (Lipinski definition) is 0. The summed E-state index contributed by atoms with van der Waals surface area (Å²) in [5.74, 6) is 2.85. The molecule has 0 saturated heterocycles. The highest BCUT2D eigenvalue weighted by Crippen LogP contribution is 2.30. The molecule has 0 amide bonds. The Labute approximate surface area is 188 Å². The van der Waals surface area contributed by atoms with E-state index in [1.165, 1.54) is 12.1 Å². The van der Waals surface area contributed by atoms with Gasteiger partial charge in [0.2, 0.25) is 0 Å². The number of hydrogen-bond acceptors (Lipinski definition) is 2. The van der Waals surface area contributed by atoms with E-state index in [1.54, 1.807) is 6.07 Å². The highest BCUT2D eigenvalue weighted by Gasteiger charge is 2.30. The molecule has 0 aliphatic rings. The lowest BCUT2D eigenvalue weighted by atomic mass is 10.0. The van der Waals surface area contributed by atoms with E-state index in [9.17, 15) is 13.2 Å². The Balaban J connectivity index is 1.75. The number of halogens is 3. The second-order valence-corrected chi connectivity index (χ2v) is 9.27. The summed E-state index contributed by atoms with van der Waals surface area (Å²) in [5, 5.41) is 0. The Morgan fingerprint density at radius 1 is 0.969 bits per heavy atom. The van der Waals surface area contributed by atoms with Crippen molar-refractivity contribution in [3.8, 4) is 5.75 Å². The van der Waals surface area contributed by atoms with E-state index in [-0.39, 0.29) is 0 Å². The third kappa shape index (κ3) is 6.50. The average Bonchev–Trinajstić information content (AvgIpc) is 3.04. The first-order chi connectivity index (χ1) is 15.1. The van der Waals surface area contributed by atoms with Crippen LogP contribution >= 0.6 is 0 Å². The fourth-order valence-electron chi connectivity index (χ4n) is 3.77. The molecule has 0 fully saturated rings. The summed E-state index contributed by atoms with van der Waals surface area (Å²) in [7, 11) is 0. The standard InChI is InChI=1S/C26H33F3N2O/c1-18(2)13-14-32-22-11-12-23-24(16-22)31(17-19(3)4)25(30-23)10-6-8-20-7-5-9-21(15-20)26(27,28)29/h5,7,9,11-12,15-16,18-19H,6,8,10,13-14,17H2,1-4H3. The van der Waals surface area contributed by atoms with Gasteiger partial charge < -0.3 is 9.30 Å². The highest BCUT2D eigenvalue weighted by molar-refractivity contribution is 5.77. The zero-order valence-corrected chi connectivity index (χ0v) is 19.4. The molecule has 174 valence electrons. The first-order valence-electron chi connectivity index (χ1n) is 11.4. The average molecular weight is 447 g/mol. The summed E-state index contributed by atoms with van der Waals surface area (Å²) in [6, 6.07) is 11.6. The van der Waals surface area contributed by atoms with Crippen molar-refractivity contribution in [2.45, 2.75) is 66.1 Å². The molecule has 3 rings (SSSR count). The molecule has 0 unspecified atom stereocenters. The largest absolute Gasteiger partial charge is 0.494 e. The zero-order valence-electron chi connectivity index (χ0n) is 19.4. The van der Waals surface area contributed by atoms with Crippen molar-refractivity contribution in [1.29, 1.82) is 0 Å². The topological polar surface area (TPSA) is 27.1 Å². The minimum absolute atomic E-state index is 0.445. The molecule has 0 aliphatic carbocycles. The number of imidazole rings is 1. The lowest BCUT2D eigenvalue weighted by Gasteiger charge is -2.13. The number of fused-ring (bicyclic) bond motifs is 1. The fraction of sp³-hybridized carbons (Fsp3) is 0.500. The van der Waals surface area contributed by atoms with Gasteiger partial charge in [0.1, 0.15) is 11.6 Å². The van der Waals surface area contributed by atoms with Gasteiger partial charge in [0, 0.05) is 19.0 Å². The second-order valence-electron chi connectivity index (χ2n) is 9.27. The number of ether oxygens (including phenoxy) is 1. The third-order valence-electron chi connectivity index (χ3n) is 5.43. The van der Waals surface area contributed by atoms with Crippen molar-refractivity contribution < 1.29 is 17.9 Å². The van der Waals surface area contributed by atoms with Crippen LogP contribution in [0.15, 0.2) is 42.5 Å². The maximum atomic E-state index is 13.0. The second kappa shape index (κ2) is 10.4. The van der Waals surface area contributed by atoms with Crippen LogP contribution in [0, 0.1) is 11.8 Å². The van der Waals surface area contributed by atoms with Crippen LogP contribution in [0.1, 0.15) is 57.5 Å². The van der Waals surface area contributed by atoms with E-state index >= 15 is 0 Å². The van der Waals surface area contributed by atoms with Crippen molar-refractivity contribution in [3.05, 3.63) is 59.4 Å². The lowest BCUT2D eigenvalue weighted by molar-refractivity contribution is -0.137. The Morgan fingerprint density at radius 3 is 2.44 bits per heavy atom. The molecule has 2 aromatic carbocycles. The molecular formula is C26H33F3N2O. The summed E-state index contributed by atoms with van der Waals surface area (Å²) in [6.07, 6.45) is -1.28. The molecule has 0 saturated carbocycles. The van der Waals surface area contributed by atoms with Crippen LogP contribution < -0.4 is 4.74 Å². The molecule has 1 heterocycles. The first-order valence-corrected chi connectivity index (χ1v) is 11.4. The van der Waals surface area contributed by atoms with E-state index < -0.39 is 11.7 Å². The van der Waals surface area contributed by atoms with Crippen LogP contribution in [0.3, 0.4) is 0 Å². The molecule has 3 aromatic rings. The van der Waals surface area contributed by atoms with Gasteiger partial charge in [0.05, 0.1) is 23.2 Å². The molecule has 6 heteroatoms. The predicted molar refractivity (Wildman–Crippen MR) is 123 cm³/mol. The Bertz CT molecular complexity index is 1020. The van der Waals surface area contributed by atoms with E-state index in [4.69, 9.17) is 9.72 Å². The summed E-state index contributed by atoms with van der Waals surface area (Å²) in [5.41, 5.74) is 2.09. The highest BCUT2D eigenvalue weighted by atomic mass is 19.4. The summed E-state index contributed by atoms with van der Waals surface area (Å²) in [6.45, 7) is 10.2. The maximum Gasteiger partial charge on any atom is 0.416 e. The monoisotopic (exact) mass is 446 g/mol. The molecule has 0 atom stereocenters. The van der Waals surface area contributed by atoms with Crippen LogP contribution in [0.4, 0.5) is 13.2 Å². The normalized spacial score (nSPS) is 12.3. The van der Waals surface area contributed by atoms with Gasteiger partial charge >= 0.3 is 6.18 Å². The van der Waals surface area contributed by atoms with Crippen molar-refractivity contribution in [2.24, 2.45) is 11.8 Å². The van der Waals surface area contributed by atoms with Crippen LogP contribution in [0.5, 0.6) is 5.75 Å². The van der Waals surface area contributed by atoms with Crippen LogP contribution in [-0.4, -0.2) is 16.2 Å². The van der Waals surface area contributed by atoms with Gasteiger partial charge in [-0.05, 0) is 54.9 Å². The molecule has 0 N–H and O–H groups in total. The summed E-state index contributed by atoms with van der Waals surface area (Å²) >= 11 is 0. The molecule has 0 aliphatic heterocycles. The van der Waals surface area contributed by atoms with Crippen molar-refractivity contribution in [2.75, 3.05) is 6.61 Å².